The van der Waals surface area contributed by atoms with Crippen LogP contribution in [0, 0.1) is 0 Å². The maximum atomic E-state index is 5.89. The predicted octanol–water partition coefficient (Wildman–Crippen LogP) is 3.00. The van der Waals surface area contributed by atoms with E-state index in [2.05, 4.69) is 5.32 Å². The molecule has 1 aliphatic rings. The molecule has 0 amide bonds. The first kappa shape index (κ1) is 16.8. The summed E-state index contributed by atoms with van der Waals surface area (Å²) in [6.07, 6.45) is 2.64. The summed E-state index contributed by atoms with van der Waals surface area (Å²) in [5.74, 6) is 1.60. The maximum Gasteiger partial charge on any atom is 0.122 e. The van der Waals surface area contributed by atoms with Gasteiger partial charge in [-0.15, -0.1) is 0 Å². The molecule has 4 nitrogen and oxygen atoms in total. The molecule has 0 aromatic heterocycles. The zero-order valence-electron chi connectivity index (χ0n) is 13.1. The summed E-state index contributed by atoms with van der Waals surface area (Å²) in [6, 6.07) is 5.84. The average Bonchev–Trinajstić information content (AvgIpc) is 2.55. The zero-order chi connectivity index (χ0) is 14.8. The van der Waals surface area contributed by atoms with Crippen LogP contribution in [0.1, 0.15) is 32.3 Å². The first-order valence-corrected chi connectivity index (χ1v) is 7.36. The highest BCUT2D eigenvalue weighted by Crippen LogP contribution is 2.23. The van der Waals surface area contributed by atoms with E-state index in [1.165, 1.54) is 6.42 Å². The number of hydrogen-bond donors (Lipinski definition) is 1. The smallest absolute Gasteiger partial charge is 0.122 e. The standard InChI is InChI=1S/C14H21NO3.C2H6/c1-16-13-6-11(7-14(8-13)17-2)10-18-12-4-3-5-15-9-12;1-2/h6-8,12,15H,3-5,9-10H2,1-2H3;1-2H3. The van der Waals surface area contributed by atoms with Crippen molar-refractivity contribution >= 4 is 0 Å². The largest absolute Gasteiger partial charge is 0.497 e. The molecule has 2 rings (SSSR count). The van der Waals surface area contributed by atoms with E-state index >= 15 is 0 Å². The van der Waals surface area contributed by atoms with Gasteiger partial charge in [0.2, 0.25) is 0 Å². The minimum Gasteiger partial charge on any atom is -0.497 e. The number of nitrogens with one attached hydrogen (secondary N) is 1. The molecule has 1 saturated heterocycles. The second kappa shape index (κ2) is 9.61. The van der Waals surface area contributed by atoms with Crippen LogP contribution < -0.4 is 14.8 Å². The predicted molar refractivity (Wildman–Crippen MR) is 81.6 cm³/mol. The van der Waals surface area contributed by atoms with Gasteiger partial charge in [0.25, 0.3) is 0 Å². The molecule has 1 heterocycles. The first-order chi connectivity index (χ1) is 9.81. The topological polar surface area (TPSA) is 39.7 Å². The summed E-state index contributed by atoms with van der Waals surface area (Å²) in [5, 5.41) is 3.34. The molecule has 0 saturated carbocycles. The van der Waals surface area contributed by atoms with Crippen LogP contribution in [0.5, 0.6) is 11.5 Å². The lowest BCUT2D eigenvalue weighted by molar-refractivity contribution is 0.0251. The number of rotatable bonds is 5. The van der Waals surface area contributed by atoms with Crippen LogP contribution in [0.2, 0.25) is 0 Å². The molecule has 1 atom stereocenters. The Labute approximate surface area is 122 Å². The van der Waals surface area contributed by atoms with Gasteiger partial charge in [0, 0.05) is 12.6 Å². The third-order valence-corrected chi connectivity index (χ3v) is 3.15. The van der Waals surface area contributed by atoms with E-state index in [1.807, 2.05) is 32.0 Å². The lowest BCUT2D eigenvalue weighted by Gasteiger charge is -2.23. The molecule has 0 spiro atoms. The lowest BCUT2D eigenvalue weighted by Crippen LogP contribution is -2.35. The summed E-state index contributed by atoms with van der Waals surface area (Å²) in [6.45, 7) is 6.65. The summed E-state index contributed by atoms with van der Waals surface area (Å²) in [7, 11) is 3.31. The Bertz CT molecular complexity index is 354. The van der Waals surface area contributed by atoms with Crippen molar-refractivity contribution in [3.63, 3.8) is 0 Å². The van der Waals surface area contributed by atoms with Crippen LogP contribution in [0.4, 0.5) is 0 Å². The summed E-state index contributed by atoms with van der Waals surface area (Å²) >= 11 is 0. The van der Waals surface area contributed by atoms with Gasteiger partial charge in [0.05, 0.1) is 26.9 Å². The van der Waals surface area contributed by atoms with Crippen LogP contribution in [0.25, 0.3) is 0 Å². The molecule has 20 heavy (non-hydrogen) atoms. The fourth-order valence-corrected chi connectivity index (χ4v) is 2.13. The lowest BCUT2D eigenvalue weighted by atomic mass is 10.1. The van der Waals surface area contributed by atoms with E-state index in [1.54, 1.807) is 14.2 Å². The third-order valence-electron chi connectivity index (χ3n) is 3.15. The van der Waals surface area contributed by atoms with Crippen molar-refractivity contribution in [1.82, 2.24) is 5.32 Å². The summed E-state index contributed by atoms with van der Waals surface area (Å²) < 4.78 is 16.4. The van der Waals surface area contributed by atoms with Crippen LogP contribution in [-0.4, -0.2) is 33.4 Å². The minimum absolute atomic E-state index is 0.316. The normalized spacial score (nSPS) is 17.9. The SMILES string of the molecule is CC.COc1cc(COC2CCCNC2)cc(OC)c1. The Kier molecular flexibility index (Phi) is 8.07. The number of piperidine rings is 1. The molecule has 1 aromatic rings. The fraction of sp³-hybridized carbons (Fsp3) is 0.625. The Balaban J connectivity index is 0.000000956. The van der Waals surface area contributed by atoms with Crippen molar-refractivity contribution in [2.24, 2.45) is 0 Å². The molecule has 1 aromatic carbocycles. The quantitative estimate of drug-likeness (QED) is 0.900. The van der Waals surface area contributed by atoms with Gasteiger partial charge in [0.15, 0.2) is 0 Å². The van der Waals surface area contributed by atoms with Crippen LogP contribution in [0.3, 0.4) is 0 Å². The molecule has 1 fully saturated rings. The Hall–Kier alpha value is -1.26. The molecule has 0 bridgehead atoms. The number of hydrogen-bond acceptors (Lipinski definition) is 4. The summed E-state index contributed by atoms with van der Waals surface area (Å²) in [4.78, 5) is 0. The molecule has 1 N–H and O–H groups in total. The second-order valence-corrected chi connectivity index (χ2v) is 4.50. The van der Waals surface area contributed by atoms with Crippen molar-refractivity contribution in [2.45, 2.75) is 39.4 Å². The monoisotopic (exact) mass is 281 g/mol. The van der Waals surface area contributed by atoms with Gasteiger partial charge in [0.1, 0.15) is 11.5 Å². The van der Waals surface area contributed by atoms with Crippen molar-refractivity contribution < 1.29 is 14.2 Å². The van der Waals surface area contributed by atoms with Gasteiger partial charge < -0.3 is 19.5 Å². The first-order valence-electron chi connectivity index (χ1n) is 7.36. The van der Waals surface area contributed by atoms with Crippen molar-refractivity contribution in [3.8, 4) is 11.5 Å². The highest BCUT2D eigenvalue weighted by Gasteiger charge is 2.13. The molecule has 1 unspecified atom stereocenters. The molecule has 0 radical (unpaired) electrons. The van der Waals surface area contributed by atoms with Crippen molar-refractivity contribution in [3.05, 3.63) is 23.8 Å². The molecule has 114 valence electrons. The average molecular weight is 281 g/mol. The van der Waals surface area contributed by atoms with E-state index in [0.717, 1.165) is 36.6 Å². The number of ether oxygens (including phenoxy) is 3. The number of methoxy groups -OCH3 is 2. The summed E-state index contributed by atoms with van der Waals surface area (Å²) in [5.41, 5.74) is 1.08. The van der Waals surface area contributed by atoms with Crippen molar-refractivity contribution in [1.29, 1.82) is 0 Å². The zero-order valence-corrected chi connectivity index (χ0v) is 13.1. The van der Waals surface area contributed by atoms with E-state index in [-0.39, 0.29) is 0 Å². The van der Waals surface area contributed by atoms with Gasteiger partial charge in [-0.25, -0.2) is 0 Å². The van der Waals surface area contributed by atoms with Gasteiger partial charge in [-0.3, -0.25) is 0 Å². The Morgan fingerprint density at radius 1 is 1.10 bits per heavy atom. The van der Waals surface area contributed by atoms with E-state index in [9.17, 15) is 0 Å². The molecular weight excluding hydrogens is 254 g/mol. The highest BCUT2D eigenvalue weighted by molar-refractivity contribution is 5.38. The van der Waals surface area contributed by atoms with Gasteiger partial charge in [-0.2, -0.15) is 0 Å². The van der Waals surface area contributed by atoms with Gasteiger partial charge in [-0.05, 0) is 37.1 Å². The van der Waals surface area contributed by atoms with Crippen LogP contribution >= 0.6 is 0 Å². The fourth-order valence-electron chi connectivity index (χ4n) is 2.13. The molecular formula is C16H27NO3. The Morgan fingerprint density at radius 3 is 2.25 bits per heavy atom. The minimum atomic E-state index is 0.316. The van der Waals surface area contributed by atoms with Crippen molar-refractivity contribution in [2.75, 3.05) is 27.3 Å². The van der Waals surface area contributed by atoms with Gasteiger partial charge >= 0.3 is 0 Å². The number of benzene rings is 1. The van der Waals surface area contributed by atoms with Gasteiger partial charge in [-0.1, -0.05) is 13.8 Å². The van der Waals surface area contributed by atoms with E-state index < -0.39 is 0 Å². The van der Waals surface area contributed by atoms with Crippen LogP contribution in [0.15, 0.2) is 18.2 Å². The third kappa shape index (κ3) is 5.39. The molecule has 4 heteroatoms. The highest BCUT2D eigenvalue weighted by atomic mass is 16.5. The van der Waals surface area contributed by atoms with Crippen LogP contribution in [-0.2, 0) is 11.3 Å². The van der Waals surface area contributed by atoms with E-state index in [4.69, 9.17) is 14.2 Å². The molecule has 1 aliphatic heterocycles. The maximum absolute atomic E-state index is 5.89. The van der Waals surface area contributed by atoms with E-state index in [0.29, 0.717) is 12.7 Å². The second-order valence-electron chi connectivity index (χ2n) is 4.50. The Morgan fingerprint density at radius 2 is 1.75 bits per heavy atom. The molecule has 0 aliphatic carbocycles.